The third-order valence-corrected chi connectivity index (χ3v) is 3.89. The maximum atomic E-state index is 11.6. The summed E-state index contributed by atoms with van der Waals surface area (Å²) < 4.78 is 6.01. The van der Waals surface area contributed by atoms with Crippen LogP contribution in [0.2, 0.25) is 0 Å². The third-order valence-electron chi connectivity index (χ3n) is 2.30. The number of hydrogen-bond donors (Lipinski definition) is 2. The number of rotatable bonds is 5. The monoisotopic (exact) mass is 355 g/mol. The Morgan fingerprint density at radius 1 is 1.35 bits per heavy atom. The lowest BCUT2D eigenvalue weighted by Gasteiger charge is -1.98. The van der Waals surface area contributed by atoms with Gasteiger partial charge >= 0.3 is 5.97 Å². The number of carboxylic acids is 1. The molecule has 1 amide bonds. The number of carbonyl (C=O) groups is 2. The highest BCUT2D eigenvalue weighted by atomic mass is 79.9. The zero-order valence-electron chi connectivity index (χ0n) is 10.1. The average Bonchev–Trinajstić information content (AvgIpc) is 3.03. The van der Waals surface area contributed by atoms with Crippen molar-refractivity contribution in [1.29, 1.82) is 0 Å². The number of halogens is 1. The van der Waals surface area contributed by atoms with Gasteiger partial charge in [0.15, 0.2) is 0 Å². The van der Waals surface area contributed by atoms with E-state index < -0.39 is 5.97 Å². The Morgan fingerprint density at radius 3 is 2.75 bits per heavy atom. The van der Waals surface area contributed by atoms with Crippen molar-refractivity contribution < 1.29 is 19.1 Å². The highest BCUT2D eigenvalue weighted by Crippen LogP contribution is 2.22. The molecular formula is C13H10BrNO4S. The molecule has 0 radical (unpaired) electrons. The van der Waals surface area contributed by atoms with Crippen LogP contribution in [0.3, 0.4) is 0 Å². The zero-order valence-corrected chi connectivity index (χ0v) is 12.5. The van der Waals surface area contributed by atoms with Crippen LogP contribution in [-0.2, 0) is 11.3 Å². The fourth-order valence-electron chi connectivity index (χ4n) is 1.40. The molecule has 0 unspecified atom stereocenters. The number of aromatic carboxylic acids is 1. The summed E-state index contributed by atoms with van der Waals surface area (Å²) in [6, 6.07) is 6.66. The standard InChI is InChI=1S/C13H10BrNO4S/c14-11-5-2-9(20-11)3-6-12(16)15-7-8-1-4-10(19-8)13(17)18/h1-6H,7H2,(H,15,16)(H,17,18)/b6-3+. The number of hydrogen-bond acceptors (Lipinski definition) is 4. The number of carboxylic acid groups (broad SMARTS) is 1. The van der Waals surface area contributed by atoms with Crippen LogP contribution in [0.1, 0.15) is 21.2 Å². The SMILES string of the molecule is O=C(/C=C/c1ccc(Br)s1)NCc1ccc(C(=O)O)o1. The van der Waals surface area contributed by atoms with Crippen LogP contribution in [0, 0.1) is 0 Å². The Morgan fingerprint density at radius 2 is 2.15 bits per heavy atom. The Hall–Kier alpha value is -1.86. The molecule has 20 heavy (non-hydrogen) atoms. The molecule has 0 atom stereocenters. The van der Waals surface area contributed by atoms with Crippen LogP contribution in [0.15, 0.2) is 38.5 Å². The molecule has 0 aliphatic heterocycles. The summed E-state index contributed by atoms with van der Waals surface area (Å²) in [5.41, 5.74) is 0. The van der Waals surface area contributed by atoms with E-state index in [0.717, 1.165) is 8.66 Å². The predicted molar refractivity (Wildman–Crippen MR) is 78.6 cm³/mol. The molecule has 0 bridgehead atoms. The smallest absolute Gasteiger partial charge is 0.371 e. The highest BCUT2D eigenvalue weighted by molar-refractivity contribution is 9.11. The van der Waals surface area contributed by atoms with Crippen LogP contribution in [0.4, 0.5) is 0 Å². The molecule has 2 aromatic rings. The zero-order chi connectivity index (χ0) is 14.5. The van der Waals surface area contributed by atoms with Gasteiger partial charge in [-0.15, -0.1) is 11.3 Å². The first-order chi connectivity index (χ1) is 9.54. The normalized spacial score (nSPS) is 10.8. The van der Waals surface area contributed by atoms with Gasteiger partial charge < -0.3 is 14.8 Å². The second-order valence-corrected chi connectivity index (χ2v) is 6.26. The van der Waals surface area contributed by atoms with Crippen LogP contribution >= 0.6 is 27.3 Å². The van der Waals surface area contributed by atoms with Crippen LogP contribution in [0.25, 0.3) is 6.08 Å². The lowest BCUT2D eigenvalue weighted by Crippen LogP contribution is -2.19. The van der Waals surface area contributed by atoms with Gasteiger partial charge in [-0.3, -0.25) is 4.79 Å². The van der Waals surface area contributed by atoms with E-state index in [-0.39, 0.29) is 18.2 Å². The molecule has 2 heterocycles. The van der Waals surface area contributed by atoms with E-state index in [1.807, 2.05) is 12.1 Å². The van der Waals surface area contributed by atoms with Gasteiger partial charge in [0.1, 0.15) is 5.76 Å². The lowest BCUT2D eigenvalue weighted by atomic mass is 10.4. The Balaban J connectivity index is 1.85. The molecule has 2 aromatic heterocycles. The number of nitrogens with one attached hydrogen (secondary N) is 1. The molecule has 2 N–H and O–H groups in total. The third kappa shape index (κ3) is 4.07. The van der Waals surface area contributed by atoms with Gasteiger partial charge in [0.05, 0.1) is 10.3 Å². The summed E-state index contributed by atoms with van der Waals surface area (Å²) in [5.74, 6) is -1.16. The van der Waals surface area contributed by atoms with Crippen LogP contribution in [0.5, 0.6) is 0 Å². The van der Waals surface area contributed by atoms with E-state index in [2.05, 4.69) is 21.2 Å². The highest BCUT2D eigenvalue weighted by Gasteiger charge is 2.08. The quantitative estimate of drug-likeness (QED) is 0.807. The summed E-state index contributed by atoms with van der Waals surface area (Å²) in [7, 11) is 0. The van der Waals surface area contributed by atoms with E-state index in [0.29, 0.717) is 5.76 Å². The first kappa shape index (κ1) is 14.5. The van der Waals surface area contributed by atoms with Gasteiger partial charge in [-0.1, -0.05) is 0 Å². The second-order valence-electron chi connectivity index (χ2n) is 3.76. The topological polar surface area (TPSA) is 79.5 Å². The van der Waals surface area contributed by atoms with Gasteiger partial charge in [-0.05, 0) is 46.3 Å². The molecule has 5 nitrogen and oxygen atoms in total. The van der Waals surface area contributed by atoms with Crippen molar-refractivity contribution in [3.8, 4) is 0 Å². The van der Waals surface area contributed by atoms with E-state index in [4.69, 9.17) is 9.52 Å². The van der Waals surface area contributed by atoms with Gasteiger partial charge in [0.2, 0.25) is 11.7 Å². The van der Waals surface area contributed by atoms with Crippen molar-refractivity contribution in [3.63, 3.8) is 0 Å². The number of furan rings is 1. The summed E-state index contributed by atoms with van der Waals surface area (Å²) >= 11 is 4.85. The minimum absolute atomic E-state index is 0.143. The van der Waals surface area contributed by atoms with Crippen LogP contribution in [-0.4, -0.2) is 17.0 Å². The summed E-state index contributed by atoms with van der Waals surface area (Å²) in [6.45, 7) is 0.143. The van der Waals surface area contributed by atoms with Gasteiger partial charge in [0, 0.05) is 11.0 Å². The molecule has 0 fully saturated rings. The first-order valence-corrected chi connectivity index (χ1v) is 7.19. The number of thiophene rings is 1. The molecule has 0 spiro atoms. The van der Waals surface area contributed by atoms with Gasteiger partial charge in [0.25, 0.3) is 0 Å². The summed E-state index contributed by atoms with van der Waals surface area (Å²) in [4.78, 5) is 23.1. The molecule has 0 saturated carbocycles. The lowest BCUT2D eigenvalue weighted by molar-refractivity contribution is -0.116. The van der Waals surface area contributed by atoms with Gasteiger partial charge in [-0.25, -0.2) is 4.79 Å². The average molecular weight is 356 g/mol. The van der Waals surface area contributed by atoms with Crippen molar-refractivity contribution in [2.45, 2.75) is 6.54 Å². The number of amides is 1. The Labute approximate surface area is 127 Å². The van der Waals surface area contributed by atoms with E-state index in [1.165, 1.54) is 29.5 Å². The first-order valence-electron chi connectivity index (χ1n) is 5.58. The van der Waals surface area contributed by atoms with Crippen LogP contribution < -0.4 is 5.32 Å². The Kier molecular flexibility index (Phi) is 4.75. The summed E-state index contributed by atoms with van der Waals surface area (Å²) in [5, 5.41) is 11.3. The van der Waals surface area contributed by atoms with Gasteiger partial charge in [-0.2, -0.15) is 0 Å². The maximum absolute atomic E-state index is 11.6. The van der Waals surface area contributed by atoms with E-state index in [1.54, 1.807) is 6.08 Å². The second kappa shape index (κ2) is 6.53. The minimum atomic E-state index is -1.13. The van der Waals surface area contributed by atoms with E-state index in [9.17, 15) is 9.59 Å². The largest absolute Gasteiger partial charge is 0.475 e. The molecule has 7 heteroatoms. The van der Waals surface area contributed by atoms with Crippen molar-refractivity contribution >= 4 is 45.2 Å². The molecule has 0 saturated heterocycles. The van der Waals surface area contributed by atoms with Crippen molar-refractivity contribution in [1.82, 2.24) is 5.32 Å². The molecular weight excluding hydrogens is 346 g/mol. The summed E-state index contributed by atoms with van der Waals surface area (Å²) in [6.07, 6.45) is 3.12. The predicted octanol–water partition coefficient (Wildman–Crippen LogP) is 3.13. The fourth-order valence-corrected chi connectivity index (χ4v) is 2.72. The fraction of sp³-hybridized carbons (Fsp3) is 0.0769. The molecule has 0 aliphatic rings. The molecule has 2 rings (SSSR count). The Bertz CT molecular complexity index is 659. The molecule has 0 aliphatic carbocycles. The number of carbonyl (C=O) groups excluding carboxylic acids is 1. The maximum Gasteiger partial charge on any atom is 0.371 e. The van der Waals surface area contributed by atoms with Crippen molar-refractivity contribution in [2.75, 3.05) is 0 Å². The molecule has 104 valence electrons. The van der Waals surface area contributed by atoms with E-state index >= 15 is 0 Å². The minimum Gasteiger partial charge on any atom is -0.475 e. The van der Waals surface area contributed by atoms with Crippen molar-refractivity contribution in [2.24, 2.45) is 0 Å². The van der Waals surface area contributed by atoms with Crippen molar-refractivity contribution in [3.05, 3.63) is 50.5 Å². The molecule has 0 aromatic carbocycles.